The summed E-state index contributed by atoms with van der Waals surface area (Å²) in [5.41, 5.74) is 0.401. The first kappa shape index (κ1) is 25.3. The summed E-state index contributed by atoms with van der Waals surface area (Å²) in [5.74, 6) is -2.19. The van der Waals surface area contributed by atoms with Gasteiger partial charge in [-0.25, -0.2) is 0 Å². The first-order chi connectivity index (χ1) is 18.4. The van der Waals surface area contributed by atoms with Crippen molar-refractivity contribution in [3.8, 4) is 0 Å². The Balaban J connectivity index is 1.35. The van der Waals surface area contributed by atoms with Crippen molar-refractivity contribution in [2.24, 2.45) is 11.8 Å². The van der Waals surface area contributed by atoms with E-state index in [-0.39, 0.29) is 29.8 Å². The van der Waals surface area contributed by atoms with E-state index < -0.39 is 29.6 Å². The molecule has 4 aliphatic rings. The summed E-state index contributed by atoms with van der Waals surface area (Å²) < 4.78 is 7.39. The Morgan fingerprint density at radius 1 is 1.03 bits per heavy atom. The van der Waals surface area contributed by atoms with Crippen LogP contribution in [0, 0.1) is 11.8 Å². The lowest BCUT2D eigenvalue weighted by Crippen LogP contribution is -2.56. The summed E-state index contributed by atoms with van der Waals surface area (Å²) in [7, 11) is 0. The van der Waals surface area contributed by atoms with Crippen molar-refractivity contribution in [1.82, 2.24) is 10.2 Å². The van der Waals surface area contributed by atoms with Crippen LogP contribution in [0.4, 0.5) is 5.69 Å². The maximum Gasteiger partial charge on any atom is 0.246 e. The molecule has 1 aliphatic carbocycles. The third-order valence-corrected chi connectivity index (χ3v) is 9.15. The van der Waals surface area contributed by atoms with Gasteiger partial charge in [0.15, 0.2) is 0 Å². The molecular weight excluding hydrogens is 546 g/mol. The molecule has 2 bridgehead atoms. The smallest absolute Gasteiger partial charge is 0.246 e. The maximum absolute atomic E-state index is 14.3. The Labute approximate surface area is 231 Å². The van der Waals surface area contributed by atoms with Gasteiger partial charge in [0.25, 0.3) is 0 Å². The molecule has 2 aromatic carbocycles. The van der Waals surface area contributed by atoms with E-state index in [0.29, 0.717) is 5.69 Å². The molecule has 3 amide bonds. The fraction of sp³-hybridized carbons (Fsp3) is 0.433. The van der Waals surface area contributed by atoms with Crippen molar-refractivity contribution < 1.29 is 19.1 Å². The van der Waals surface area contributed by atoms with Crippen LogP contribution in [0.5, 0.6) is 0 Å². The second kappa shape index (κ2) is 9.97. The van der Waals surface area contributed by atoms with Gasteiger partial charge in [-0.1, -0.05) is 77.7 Å². The van der Waals surface area contributed by atoms with Crippen LogP contribution < -0.4 is 10.6 Å². The number of hydrogen-bond donors (Lipinski definition) is 2. The predicted octanol–water partition coefficient (Wildman–Crippen LogP) is 4.75. The number of hydrogen-bond acceptors (Lipinski definition) is 4. The van der Waals surface area contributed by atoms with Gasteiger partial charge >= 0.3 is 0 Å². The number of carbonyl (C=O) groups is 3. The maximum atomic E-state index is 14.3. The van der Waals surface area contributed by atoms with Crippen molar-refractivity contribution in [3.05, 3.63) is 76.8 Å². The molecule has 6 unspecified atom stereocenters. The largest absolute Gasteiger partial charge is 0.359 e. The molecule has 2 saturated heterocycles. The average Bonchev–Trinajstić information content (AvgIpc) is 3.58. The van der Waals surface area contributed by atoms with Crippen LogP contribution >= 0.6 is 15.9 Å². The predicted molar refractivity (Wildman–Crippen MR) is 147 cm³/mol. The number of fused-ring (bicyclic) bond motifs is 1. The molecule has 0 aromatic heterocycles. The Hall–Kier alpha value is -2.97. The van der Waals surface area contributed by atoms with E-state index in [9.17, 15) is 14.4 Å². The highest BCUT2D eigenvalue weighted by Gasteiger charge is 2.73. The molecule has 6 atom stereocenters. The van der Waals surface area contributed by atoms with Crippen LogP contribution in [0.3, 0.4) is 0 Å². The Bertz CT molecular complexity index is 1260. The number of carbonyl (C=O) groups excluding carboxylic acids is 3. The normalized spacial score (nSPS) is 30.8. The highest BCUT2D eigenvalue weighted by molar-refractivity contribution is 9.10. The van der Waals surface area contributed by atoms with Crippen LogP contribution in [0.25, 0.3) is 0 Å². The fourth-order valence-corrected chi connectivity index (χ4v) is 7.07. The zero-order chi connectivity index (χ0) is 26.4. The van der Waals surface area contributed by atoms with Crippen molar-refractivity contribution in [2.45, 2.75) is 68.9 Å². The molecule has 0 radical (unpaired) electrons. The van der Waals surface area contributed by atoms with Crippen molar-refractivity contribution >= 4 is 39.3 Å². The summed E-state index contributed by atoms with van der Waals surface area (Å²) in [6.07, 6.45) is 8.40. The quantitative estimate of drug-likeness (QED) is 0.485. The van der Waals surface area contributed by atoms with Crippen LogP contribution in [0.1, 0.15) is 50.6 Å². The van der Waals surface area contributed by atoms with Crippen LogP contribution in [-0.4, -0.2) is 46.4 Å². The number of ether oxygens (including phenoxy) is 1. The molecule has 3 aliphatic heterocycles. The van der Waals surface area contributed by atoms with Crippen molar-refractivity contribution in [1.29, 1.82) is 0 Å². The first-order valence-electron chi connectivity index (χ1n) is 13.5. The second-order valence-corrected chi connectivity index (χ2v) is 11.8. The van der Waals surface area contributed by atoms with E-state index in [1.807, 2.05) is 73.7 Å². The molecule has 7 nitrogen and oxygen atoms in total. The number of benzene rings is 2. The number of nitrogens with one attached hydrogen (secondary N) is 2. The van der Waals surface area contributed by atoms with Gasteiger partial charge in [-0.2, -0.15) is 0 Å². The summed E-state index contributed by atoms with van der Waals surface area (Å²) in [6, 6.07) is 15.9. The number of rotatable bonds is 6. The zero-order valence-corrected chi connectivity index (χ0v) is 22.9. The minimum absolute atomic E-state index is 0.0924. The van der Waals surface area contributed by atoms with Gasteiger partial charge in [-0.05, 0) is 49.6 Å². The lowest BCUT2D eigenvalue weighted by atomic mass is 9.74. The first-order valence-corrected chi connectivity index (χ1v) is 14.3. The molecule has 38 heavy (non-hydrogen) atoms. The molecule has 198 valence electrons. The molecule has 1 spiro atoms. The minimum Gasteiger partial charge on any atom is -0.359 e. The van der Waals surface area contributed by atoms with E-state index >= 15 is 0 Å². The summed E-state index contributed by atoms with van der Waals surface area (Å²) in [6.45, 7) is 1.94. The van der Waals surface area contributed by atoms with Gasteiger partial charge in [0.05, 0.1) is 24.0 Å². The molecule has 3 fully saturated rings. The molecule has 8 heteroatoms. The van der Waals surface area contributed by atoms with E-state index in [2.05, 4.69) is 26.6 Å². The van der Waals surface area contributed by atoms with E-state index in [1.165, 1.54) is 6.42 Å². The van der Waals surface area contributed by atoms with Gasteiger partial charge in [0.2, 0.25) is 17.7 Å². The average molecular weight is 579 g/mol. The van der Waals surface area contributed by atoms with Crippen molar-refractivity contribution in [3.63, 3.8) is 0 Å². The second-order valence-electron chi connectivity index (χ2n) is 10.9. The zero-order valence-electron chi connectivity index (χ0n) is 21.3. The third-order valence-electron chi connectivity index (χ3n) is 8.63. The lowest BCUT2D eigenvalue weighted by molar-refractivity contribution is -0.143. The lowest BCUT2D eigenvalue weighted by Gasteiger charge is -2.37. The van der Waals surface area contributed by atoms with Crippen molar-refractivity contribution in [2.75, 3.05) is 5.32 Å². The summed E-state index contributed by atoms with van der Waals surface area (Å²) in [4.78, 5) is 43.5. The summed E-state index contributed by atoms with van der Waals surface area (Å²) >= 11 is 3.41. The number of amides is 3. The summed E-state index contributed by atoms with van der Waals surface area (Å²) in [5, 5.41) is 6.21. The van der Waals surface area contributed by atoms with Crippen LogP contribution in [0.15, 0.2) is 71.2 Å². The van der Waals surface area contributed by atoms with Gasteiger partial charge in [0.1, 0.15) is 11.6 Å². The fourth-order valence-electron chi connectivity index (χ4n) is 6.80. The highest BCUT2D eigenvalue weighted by Crippen LogP contribution is 2.56. The van der Waals surface area contributed by atoms with Crippen LogP contribution in [-0.2, 0) is 19.1 Å². The van der Waals surface area contributed by atoms with Crippen LogP contribution in [0.2, 0.25) is 0 Å². The standard InChI is InChI=1S/C30H32BrN3O4/c1-18(19-8-4-2-5-9-19)34-26(28(36)33-21-10-6-3-7-11-21)30-17-16-23(38-30)24(25(30)29(34)37)27(35)32-22-14-12-20(31)13-15-22/h2,4-5,8-9,12-18,21,23-26H,3,6-7,10-11H2,1H3,(H,32,35)(H,33,36). The molecular formula is C30H32BrN3O4. The number of halogens is 1. The number of likely N-dealkylation sites (tertiary alicyclic amines) is 1. The van der Waals surface area contributed by atoms with E-state index in [0.717, 1.165) is 35.7 Å². The molecule has 2 aromatic rings. The highest BCUT2D eigenvalue weighted by atomic mass is 79.9. The minimum atomic E-state index is -1.18. The third kappa shape index (κ3) is 4.18. The number of nitrogens with zero attached hydrogens (tertiary/aromatic N) is 1. The Morgan fingerprint density at radius 2 is 1.74 bits per heavy atom. The Kier molecular flexibility index (Phi) is 6.64. The van der Waals surface area contributed by atoms with E-state index in [1.54, 1.807) is 4.90 Å². The van der Waals surface area contributed by atoms with Gasteiger partial charge in [0, 0.05) is 16.2 Å². The molecule has 3 heterocycles. The van der Waals surface area contributed by atoms with E-state index in [4.69, 9.17) is 4.74 Å². The molecule has 6 rings (SSSR count). The number of anilines is 1. The van der Waals surface area contributed by atoms with Gasteiger partial charge in [-0.15, -0.1) is 0 Å². The topological polar surface area (TPSA) is 87.7 Å². The molecule has 1 saturated carbocycles. The van der Waals surface area contributed by atoms with Gasteiger partial charge < -0.3 is 20.3 Å². The monoisotopic (exact) mass is 577 g/mol. The SMILES string of the molecule is CC(c1ccccc1)N1C(=O)C2C(C(=O)Nc3ccc(Br)cc3)C3C=CC2(O3)C1C(=O)NC1CCCCC1. The van der Waals surface area contributed by atoms with Gasteiger partial charge in [-0.3, -0.25) is 14.4 Å². The Morgan fingerprint density at radius 3 is 2.45 bits per heavy atom. The molecule has 2 N–H and O–H groups in total.